The van der Waals surface area contributed by atoms with Gasteiger partial charge in [-0.3, -0.25) is 0 Å². The van der Waals surface area contributed by atoms with Gasteiger partial charge in [-0.2, -0.15) is 0 Å². The lowest BCUT2D eigenvalue weighted by Gasteiger charge is -2.21. The molecule has 0 saturated heterocycles. The van der Waals surface area contributed by atoms with E-state index in [-0.39, 0.29) is 10.8 Å². The smallest absolute Gasteiger partial charge is 0.226 e. The molecule has 0 bridgehead atoms. The van der Waals surface area contributed by atoms with E-state index in [4.69, 9.17) is 0 Å². The quantitative estimate of drug-likeness (QED) is 0.402. The lowest BCUT2D eigenvalue weighted by atomic mass is 9.85. The topological polar surface area (TPSA) is 8.81 Å². The first kappa shape index (κ1) is 21.2. The minimum atomic E-state index is 0.143. The Kier molecular flexibility index (Phi) is 5.11. The zero-order valence-corrected chi connectivity index (χ0v) is 20.3. The van der Waals surface area contributed by atoms with Crippen LogP contribution in [0.3, 0.4) is 0 Å². The summed E-state index contributed by atoms with van der Waals surface area (Å²) in [6.07, 6.45) is 5.25. The van der Waals surface area contributed by atoms with Crippen LogP contribution in [0.4, 0.5) is 0 Å². The molecule has 30 heavy (non-hydrogen) atoms. The van der Waals surface area contributed by atoms with Crippen LogP contribution >= 0.6 is 0 Å². The average molecular weight is 404 g/mol. The third-order valence-corrected chi connectivity index (χ3v) is 7.04. The number of benzene rings is 2. The molecule has 0 N–H and O–H groups in total. The van der Waals surface area contributed by atoms with Crippen molar-refractivity contribution >= 4 is 11.0 Å². The standard InChI is InChI=1S/C28H39N2/c1-19-13-14-20(27(2,3)4)17-23(19)26-29(8)24-16-15-21(28(5,6)7)18-25(24)30(26)22-11-9-10-12-22/h13-18,22H,9-12H2,1-8H3/q+1. The van der Waals surface area contributed by atoms with E-state index in [0.29, 0.717) is 6.04 Å². The molecule has 1 fully saturated rings. The Bertz CT molecular complexity index is 1080. The average Bonchev–Trinajstić information content (AvgIpc) is 3.27. The van der Waals surface area contributed by atoms with Crippen molar-refractivity contribution in [2.75, 3.05) is 0 Å². The minimum Gasteiger partial charge on any atom is -0.226 e. The number of hydrogen-bond acceptors (Lipinski definition) is 0. The molecule has 0 unspecified atom stereocenters. The van der Waals surface area contributed by atoms with Crippen molar-refractivity contribution in [3.8, 4) is 11.4 Å². The van der Waals surface area contributed by atoms with Gasteiger partial charge in [-0.25, -0.2) is 9.13 Å². The molecular weight excluding hydrogens is 364 g/mol. The number of rotatable bonds is 2. The van der Waals surface area contributed by atoms with Gasteiger partial charge >= 0.3 is 0 Å². The Hall–Kier alpha value is -2.09. The van der Waals surface area contributed by atoms with E-state index < -0.39 is 0 Å². The first-order chi connectivity index (χ1) is 14.0. The van der Waals surface area contributed by atoms with Crippen LogP contribution in [0.15, 0.2) is 36.4 Å². The fourth-order valence-electron chi connectivity index (χ4n) is 5.03. The summed E-state index contributed by atoms with van der Waals surface area (Å²) in [6, 6.07) is 14.8. The van der Waals surface area contributed by atoms with Crippen LogP contribution in [0.25, 0.3) is 22.4 Å². The second-order valence-corrected chi connectivity index (χ2v) is 11.4. The fourth-order valence-corrected chi connectivity index (χ4v) is 5.03. The van der Waals surface area contributed by atoms with E-state index in [1.54, 1.807) is 0 Å². The third kappa shape index (κ3) is 3.59. The molecule has 1 aromatic heterocycles. The lowest BCUT2D eigenvalue weighted by molar-refractivity contribution is -0.634. The Morgan fingerprint density at radius 2 is 1.40 bits per heavy atom. The molecule has 3 aromatic rings. The van der Waals surface area contributed by atoms with Gasteiger partial charge in [0.25, 0.3) is 5.82 Å². The summed E-state index contributed by atoms with van der Waals surface area (Å²) < 4.78 is 5.13. The monoisotopic (exact) mass is 403 g/mol. The third-order valence-electron chi connectivity index (χ3n) is 7.04. The maximum absolute atomic E-state index is 2.69. The van der Waals surface area contributed by atoms with Crippen LogP contribution in [-0.2, 0) is 17.9 Å². The molecule has 0 spiro atoms. The molecule has 0 radical (unpaired) electrons. The van der Waals surface area contributed by atoms with Gasteiger partial charge in [0, 0.05) is 0 Å². The van der Waals surface area contributed by atoms with Gasteiger partial charge in [0.05, 0.1) is 12.6 Å². The van der Waals surface area contributed by atoms with Crippen molar-refractivity contribution in [1.29, 1.82) is 0 Å². The molecule has 1 aliphatic rings. The molecule has 2 nitrogen and oxygen atoms in total. The van der Waals surface area contributed by atoms with Gasteiger partial charge in [-0.1, -0.05) is 59.7 Å². The van der Waals surface area contributed by atoms with E-state index >= 15 is 0 Å². The highest BCUT2D eigenvalue weighted by atomic mass is 15.2. The van der Waals surface area contributed by atoms with Crippen LogP contribution in [0.5, 0.6) is 0 Å². The summed E-state index contributed by atoms with van der Waals surface area (Å²) in [6.45, 7) is 16.1. The Morgan fingerprint density at radius 1 is 0.833 bits per heavy atom. The maximum atomic E-state index is 2.69. The molecule has 1 saturated carbocycles. The molecule has 2 heteroatoms. The summed E-state index contributed by atoms with van der Waals surface area (Å²) in [7, 11) is 2.25. The molecule has 0 aliphatic heterocycles. The highest BCUT2D eigenvalue weighted by Crippen LogP contribution is 2.39. The van der Waals surface area contributed by atoms with E-state index in [0.717, 1.165) is 0 Å². The molecular formula is C28H39N2+. The number of hydrogen-bond donors (Lipinski definition) is 0. The van der Waals surface area contributed by atoms with Crippen LogP contribution in [-0.4, -0.2) is 4.57 Å². The Balaban J connectivity index is 2.05. The number of aryl methyl sites for hydroxylation is 2. The van der Waals surface area contributed by atoms with Crippen LogP contribution < -0.4 is 4.57 Å². The Morgan fingerprint density at radius 3 is 2.00 bits per heavy atom. The van der Waals surface area contributed by atoms with Crippen molar-refractivity contribution in [3.05, 3.63) is 53.1 Å². The molecule has 2 aromatic carbocycles. The SMILES string of the molecule is Cc1ccc(C(C)(C)C)cc1-c1n(C2CCCC2)c2cc(C(C)(C)C)ccc2[n+]1C. The highest BCUT2D eigenvalue weighted by molar-refractivity contribution is 5.78. The minimum absolute atomic E-state index is 0.143. The molecule has 1 aliphatic carbocycles. The second-order valence-electron chi connectivity index (χ2n) is 11.4. The second kappa shape index (κ2) is 7.25. The van der Waals surface area contributed by atoms with E-state index in [1.807, 2.05) is 0 Å². The zero-order chi connectivity index (χ0) is 21.8. The summed E-state index contributed by atoms with van der Waals surface area (Å²) in [4.78, 5) is 0. The van der Waals surface area contributed by atoms with Crippen molar-refractivity contribution in [3.63, 3.8) is 0 Å². The van der Waals surface area contributed by atoms with Crippen molar-refractivity contribution in [2.45, 2.75) is 91.0 Å². The van der Waals surface area contributed by atoms with Gasteiger partial charge in [-0.15, -0.1) is 0 Å². The molecule has 1 heterocycles. The van der Waals surface area contributed by atoms with Crippen molar-refractivity contribution < 1.29 is 4.57 Å². The molecule has 160 valence electrons. The van der Waals surface area contributed by atoms with Crippen LogP contribution in [0.1, 0.15) is 90.0 Å². The molecule has 0 amide bonds. The van der Waals surface area contributed by atoms with Crippen LogP contribution in [0.2, 0.25) is 0 Å². The summed E-state index contributed by atoms with van der Waals surface area (Å²) in [5, 5.41) is 0. The number of fused-ring (bicyclic) bond motifs is 1. The van der Waals surface area contributed by atoms with Gasteiger partial charge in [0.2, 0.25) is 0 Å². The zero-order valence-electron chi connectivity index (χ0n) is 20.3. The fraction of sp³-hybridized carbons (Fsp3) is 0.536. The summed E-state index contributed by atoms with van der Waals surface area (Å²) in [5.41, 5.74) is 8.59. The van der Waals surface area contributed by atoms with Gasteiger partial charge in [0.15, 0.2) is 11.0 Å². The molecule has 4 rings (SSSR count). The number of aromatic nitrogens is 2. The van der Waals surface area contributed by atoms with Crippen LogP contribution in [0, 0.1) is 6.92 Å². The predicted octanol–water partition coefficient (Wildman–Crippen LogP) is 7.15. The normalized spacial score (nSPS) is 16.0. The van der Waals surface area contributed by atoms with E-state index in [1.165, 1.54) is 64.8 Å². The van der Waals surface area contributed by atoms with Crippen molar-refractivity contribution in [1.82, 2.24) is 4.57 Å². The summed E-state index contributed by atoms with van der Waals surface area (Å²) in [5.74, 6) is 1.37. The Labute approximate surface area is 182 Å². The largest absolute Gasteiger partial charge is 0.290 e. The first-order valence-electron chi connectivity index (χ1n) is 11.6. The van der Waals surface area contributed by atoms with Gasteiger partial charge in [-0.05, 0) is 78.3 Å². The lowest BCUT2D eigenvalue weighted by Crippen LogP contribution is -2.31. The van der Waals surface area contributed by atoms with Gasteiger partial charge < -0.3 is 0 Å². The summed E-state index contributed by atoms with van der Waals surface area (Å²) >= 11 is 0. The van der Waals surface area contributed by atoms with E-state index in [9.17, 15) is 0 Å². The first-order valence-corrected chi connectivity index (χ1v) is 11.6. The van der Waals surface area contributed by atoms with E-state index in [2.05, 4.69) is 101 Å². The maximum Gasteiger partial charge on any atom is 0.290 e. The highest BCUT2D eigenvalue weighted by Gasteiger charge is 2.33. The predicted molar refractivity (Wildman–Crippen MR) is 128 cm³/mol. The number of imidazole rings is 1. The van der Waals surface area contributed by atoms with Gasteiger partial charge in [0.1, 0.15) is 6.04 Å². The molecule has 0 atom stereocenters. The van der Waals surface area contributed by atoms with Crippen molar-refractivity contribution in [2.24, 2.45) is 7.05 Å². The number of nitrogens with zero attached hydrogens (tertiary/aromatic N) is 2.